The molecule has 1 aromatic rings. The molecule has 0 unspecified atom stereocenters. The van der Waals surface area contributed by atoms with E-state index in [-0.39, 0.29) is 0 Å². The molecular formula is C12H17F2NO2. The average Bonchev–Trinajstić information content (AvgIpc) is 2.34. The molecule has 0 fully saturated rings. The molecule has 17 heavy (non-hydrogen) atoms. The van der Waals surface area contributed by atoms with Crippen molar-refractivity contribution in [3.8, 4) is 11.5 Å². The Morgan fingerprint density at radius 1 is 1.35 bits per heavy atom. The minimum atomic E-state index is -2.47. The monoisotopic (exact) mass is 245 g/mol. The summed E-state index contributed by atoms with van der Waals surface area (Å²) in [5, 5.41) is 3.12. The quantitative estimate of drug-likeness (QED) is 0.800. The lowest BCUT2D eigenvalue weighted by Crippen LogP contribution is -2.14. The maximum absolute atomic E-state index is 12.1. The first kappa shape index (κ1) is 13.7. The molecule has 0 spiro atoms. The third-order valence-electron chi connectivity index (χ3n) is 2.20. The highest BCUT2D eigenvalue weighted by Crippen LogP contribution is 2.24. The summed E-state index contributed by atoms with van der Waals surface area (Å²) in [4.78, 5) is 0. The number of benzene rings is 1. The molecule has 0 amide bonds. The highest BCUT2D eigenvalue weighted by molar-refractivity contribution is 5.40. The molecule has 0 saturated heterocycles. The molecule has 1 aromatic carbocycles. The number of alkyl halides is 2. The minimum absolute atomic E-state index is 0.465. The van der Waals surface area contributed by atoms with Gasteiger partial charge in [-0.25, -0.2) is 8.78 Å². The predicted octanol–water partition coefficient (Wildman–Crippen LogP) is 2.45. The Bertz CT molecular complexity index is 345. The van der Waals surface area contributed by atoms with E-state index in [1.165, 1.54) is 0 Å². The summed E-state index contributed by atoms with van der Waals surface area (Å²) in [6.07, 6.45) is -2.47. The largest absolute Gasteiger partial charge is 0.497 e. The molecule has 3 nitrogen and oxygen atoms in total. The molecule has 96 valence electrons. The van der Waals surface area contributed by atoms with Crippen LogP contribution >= 0.6 is 0 Å². The second-order valence-corrected chi connectivity index (χ2v) is 3.46. The van der Waals surface area contributed by atoms with Gasteiger partial charge in [-0.15, -0.1) is 0 Å². The van der Waals surface area contributed by atoms with Crippen molar-refractivity contribution in [1.82, 2.24) is 5.32 Å². The fourth-order valence-corrected chi connectivity index (χ4v) is 1.37. The first-order valence-corrected chi connectivity index (χ1v) is 5.46. The lowest BCUT2D eigenvalue weighted by molar-refractivity contribution is 0.0813. The first-order chi connectivity index (χ1) is 8.17. The molecule has 0 aliphatic carbocycles. The van der Waals surface area contributed by atoms with Crippen LogP contribution in [-0.4, -0.2) is 26.7 Å². The SMILES string of the molecule is CCNCc1cc(OC)ccc1OCC(F)F. The zero-order chi connectivity index (χ0) is 12.7. The molecule has 1 rings (SSSR count). The molecule has 1 N–H and O–H groups in total. The van der Waals surface area contributed by atoms with Crippen molar-refractivity contribution < 1.29 is 18.3 Å². The number of halogens is 2. The molecule has 0 bridgehead atoms. The Balaban J connectivity index is 2.78. The van der Waals surface area contributed by atoms with E-state index in [0.717, 1.165) is 12.1 Å². The Hall–Kier alpha value is -1.36. The Morgan fingerprint density at radius 2 is 2.12 bits per heavy atom. The van der Waals surface area contributed by atoms with Crippen molar-refractivity contribution in [3.05, 3.63) is 23.8 Å². The van der Waals surface area contributed by atoms with Crippen LogP contribution in [0.1, 0.15) is 12.5 Å². The topological polar surface area (TPSA) is 30.5 Å². The Kier molecular flexibility index (Phi) is 5.69. The average molecular weight is 245 g/mol. The van der Waals surface area contributed by atoms with E-state index in [9.17, 15) is 8.78 Å². The van der Waals surface area contributed by atoms with E-state index in [0.29, 0.717) is 18.0 Å². The van der Waals surface area contributed by atoms with Gasteiger partial charge >= 0.3 is 0 Å². The number of ether oxygens (including phenoxy) is 2. The van der Waals surface area contributed by atoms with Crippen LogP contribution in [0.2, 0.25) is 0 Å². The van der Waals surface area contributed by atoms with Gasteiger partial charge in [-0.3, -0.25) is 0 Å². The number of methoxy groups -OCH3 is 1. The molecule has 0 atom stereocenters. The highest BCUT2D eigenvalue weighted by Gasteiger charge is 2.08. The summed E-state index contributed by atoms with van der Waals surface area (Å²) >= 11 is 0. The predicted molar refractivity (Wildman–Crippen MR) is 61.9 cm³/mol. The van der Waals surface area contributed by atoms with Crippen LogP contribution in [0, 0.1) is 0 Å². The van der Waals surface area contributed by atoms with Gasteiger partial charge in [-0.2, -0.15) is 0 Å². The van der Waals surface area contributed by atoms with Crippen LogP contribution in [0.15, 0.2) is 18.2 Å². The van der Waals surface area contributed by atoms with Crippen molar-refractivity contribution in [2.45, 2.75) is 19.9 Å². The fourth-order valence-electron chi connectivity index (χ4n) is 1.37. The Labute approximate surface area is 99.7 Å². The van der Waals surface area contributed by atoms with E-state index in [4.69, 9.17) is 9.47 Å². The van der Waals surface area contributed by atoms with Crippen LogP contribution in [0.25, 0.3) is 0 Å². The van der Waals surface area contributed by atoms with Gasteiger partial charge in [-0.05, 0) is 24.7 Å². The number of hydrogen-bond donors (Lipinski definition) is 1. The fraction of sp³-hybridized carbons (Fsp3) is 0.500. The third-order valence-corrected chi connectivity index (χ3v) is 2.20. The number of rotatable bonds is 7. The lowest BCUT2D eigenvalue weighted by atomic mass is 10.2. The van der Waals surface area contributed by atoms with E-state index in [2.05, 4.69) is 5.32 Å². The van der Waals surface area contributed by atoms with E-state index >= 15 is 0 Å². The third kappa shape index (κ3) is 4.56. The first-order valence-electron chi connectivity index (χ1n) is 5.46. The van der Waals surface area contributed by atoms with Gasteiger partial charge in [-0.1, -0.05) is 6.92 Å². The molecule has 0 aliphatic heterocycles. The van der Waals surface area contributed by atoms with E-state index < -0.39 is 13.0 Å². The number of nitrogens with one attached hydrogen (secondary N) is 1. The summed E-state index contributed by atoms with van der Waals surface area (Å²) in [5.74, 6) is 1.15. The summed E-state index contributed by atoms with van der Waals surface area (Å²) in [5.41, 5.74) is 0.812. The molecular weight excluding hydrogens is 228 g/mol. The van der Waals surface area contributed by atoms with Crippen molar-refractivity contribution in [3.63, 3.8) is 0 Å². The van der Waals surface area contributed by atoms with Crippen LogP contribution < -0.4 is 14.8 Å². The normalized spacial score (nSPS) is 10.6. The molecule has 5 heteroatoms. The van der Waals surface area contributed by atoms with Gasteiger partial charge in [0.2, 0.25) is 0 Å². The van der Waals surface area contributed by atoms with E-state index in [1.807, 2.05) is 6.92 Å². The molecule has 0 saturated carbocycles. The summed E-state index contributed by atoms with van der Waals surface area (Å²) in [7, 11) is 1.56. The summed E-state index contributed by atoms with van der Waals surface area (Å²) < 4.78 is 34.3. The van der Waals surface area contributed by atoms with Gasteiger partial charge < -0.3 is 14.8 Å². The van der Waals surface area contributed by atoms with Crippen LogP contribution in [0.3, 0.4) is 0 Å². The minimum Gasteiger partial charge on any atom is -0.497 e. The van der Waals surface area contributed by atoms with Crippen LogP contribution in [0.4, 0.5) is 8.78 Å². The number of hydrogen-bond acceptors (Lipinski definition) is 3. The molecule has 0 aromatic heterocycles. The highest BCUT2D eigenvalue weighted by atomic mass is 19.3. The molecule has 0 aliphatic rings. The van der Waals surface area contributed by atoms with E-state index in [1.54, 1.807) is 25.3 Å². The zero-order valence-corrected chi connectivity index (χ0v) is 10.0. The van der Waals surface area contributed by atoms with Gasteiger partial charge in [0.15, 0.2) is 0 Å². The summed E-state index contributed by atoms with van der Waals surface area (Å²) in [6, 6.07) is 5.12. The summed E-state index contributed by atoms with van der Waals surface area (Å²) in [6.45, 7) is 2.74. The maximum Gasteiger partial charge on any atom is 0.272 e. The Morgan fingerprint density at radius 3 is 2.71 bits per heavy atom. The van der Waals surface area contributed by atoms with Crippen molar-refractivity contribution in [1.29, 1.82) is 0 Å². The van der Waals surface area contributed by atoms with Crippen molar-refractivity contribution in [2.24, 2.45) is 0 Å². The standard InChI is InChI=1S/C12H17F2NO2/c1-3-15-7-9-6-10(16-2)4-5-11(9)17-8-12(13)14/h4-6,12,15H,3,7-8H2,1-2H3. The smallest absolute Gasteiger partial charge is 0.272 e. The molecule has 0 heterocycles. The van der Waals surface area contributed by atoms with Gasteiger partial charge in [0.1, 0.15) is 18.1 Å². The zero-order valence-electron chi connectivity index (χ0n) is 10.0. The second kappa shape index (κ2) is 7.06. The second-order valence-electron chi connectivity index (χ2n) is 3.46. The van der Waals surface area contributed by atoms with Crippen molar-refractivity contribution >= 4 is 0 Å². The maximum atomic E-state index is 12.1. The van der Waals surface area contributed by atoms with Gasteiger partial charge in [0.25, 0.3) is 6.43 Å². The lowest BCUT2D eigenvalue weighted by Gasteiger charge is -2.13. The van der Waals surface area contributed by atoms with Gasteiger partial charge in [0.05, 0.1) is 7.11 Å². The van der Waals surface area contributed by atoms with Gasteiger partial charge in [0, 0.05) is 12.1 Å². The van der Waals surface area contributed by atoms with Crippen molar-refractivity contribution in [2.75, 3.05) is 20.3 Å². The van der Waals surface area contributed by atoms with Crippen LogP contribution in [0.5, 0.6) is 11.5 Å². The molecule has 0 radical (unpaired) electrons. The van der Waals surface area contributed by atoms with Crippen LogP contribution in [-0.2, 0) is 6.54 Å².